The predicted molar refractivity (Wildman–Crippen MR) is 317 cm³/mol. The number of nitrogens with one attached hydrogen (secondary N) is 1. The Morgan fingerprint density at radius 2 is 1.28 bits per heavy atom. The molecule has 0 spiro atoms. The average Bonchev–Trinajstić information content (AvgIpc) is 3.40. The van der Waals surface area contributed by atoms with Crippen LogP contribution in [0.5, 0.6) is 5.75 Å². The van der Waals surface area contributed by atoms with Gasteiger partial charge >= 0.3 is 0 Å². The van der Waals surface area contributed by atoms with E-state index in [1.54, 1.807) is 12.1 Å². The van der Waals surface area contributed by atoms with Gasteiger partial charge in [-0.2, -0.15) is 38.2 Å². The van der Waals surface area contributed by atoms with E-state index in [0.717, 1.165) is 66.0 Å². The van der Waals surface area contributed by atoms with Gasteiger partial charge in [0.05, 0.1) is 58.9 Å². The molecule has 3 aromatic rings. The van der Waals surface area contributed by atoms with Crippen LogP contribution in [0.25, 0.3) is 0 Å². The molecule has 19 nitrogen and oxygen atoms in total. The van der Waals surface area contributed by atoms with Crippen LogP contribution in [0.2, 0.25) is 0 Å². The fourth-order valence-electron chi connectivity index (χ4n) is 10.3. The lowest BCUT2D eigenvalue weighted by atomic mass is 9.81. The van der Waals surface area contributed by atoms with E-state index in [1.165, 1.54) is 48.5 Å². The van der Waals surface area contributed by atoms with E-state index in [1.807, 2.05) is 56.9 Å². The van der Waals surface area contributed by atoms with Crippen molar-refractivity contribution in [2.24, 2.45) is 5.41 Å². The quantitative estimate of drug-likeness (QED) is 0.0228. The van der Waals surface area contributed by atoms with Gasteiger partial charge in [0.2, 0.25) is 5.69 Å². The number of ether oxygens (including phenoxy) is 4. The van der Waals surface area contributed by atoms with Gasteiger partial charge in [0.25, 0.3) is 40.5 Å². The molecule has 3 aliphatic rings. The normalized spacial score (nSPS) is 17.6. The van der Waals surface area contributed by atoms with Crippen molar-refractivity contribution in [2.75, 3.05) is 69.9 Å². The van der Waals surface area contributed by atoms with Gasteiger partial charge in [-0.3, -0.25) is 18.2 Å². The summed E-state index contributed by atoms with van der Waals surface area (Å²) in [5.41, 5.74) is 5.41. The highest BCUT2D eigenvalue weighted by Crippen LogP contribution is 2.49. The number of fused-ring (bicyclic) bond motifs is 2. The first kappa shape index (κ1) is 66.1. The molecular weight excluding hydrogens is 1130 g/mol. The number of benzene rings is 3. The van der Waals surface area contributed by atoms with Gasteiger partial charge in [-0.15, -0.1) is 0 Å². The summed E-state index contributed by atoms with van der Waals surface area (Å²) in [4.78, 5) is 1.13. The molecule has 0 unspecified atom stereocenters. The third-order valence-corrected chi connectivity index (χ3v) is 18.2. The standard InChI is InChI=1S/C59H81N3O16S4/c1-43(60-31-35-76-37-39-77-38-36-75-34-30-57(2,3)4)15-10-9-11-32-61-52-26-24-48(81(69,70)71)41-50(52)58(5,6)54(61)28-18-44-16-14-17-45(56(44)78-46-20-22-47(23-21-46)80(66,67)68)19-29-55-59(7,8)51-42-49(82(72,73)74)25-27-53(51)62(55)33-12-13-40-79(63,64)65/h18-29,41-42,60H,1,9-17,30-40H2,2-8H3,(H3-,63,64,65,66,67,68,69,70,71,72,73,74)/p+1. The van der Waals surface area contributed by atoms with Crippen LogP contribution < -0.4 is 15.0 Å². The van der Waals surface area contributed by atoms with Crippen molar-refractivity contribution in [1.82, 2.24) is 5.32 Å². The summed E-state index contributed by atoms with van der Waals surface area (Å²) in [5, 5.41) is 3.35. The largest absolute Gasteiger partial charge is 0.457 e. The minimum Gasteiger partial charge on any atom is -0.457 e. The van der Waals surface area contributed by atoms with Gasteiger partial charge in [0.15, 0.2) is 5.71 Å². The minimum atomic E-state index is -4.57. The van der Waals surface area contributed by atoms with Crippen LogP contribution in [0, 0.1) is 5.41 Å². The van der Waals surface area contributed by atoms with E-state index in [-0.39, 0.29) is 32.3 Å². The molecule has 0 amide bonds. The fourth-order valence-corrected chi connectivity index (χ4v) is 12.3. The maximum atomic E-state index is 12.5. The Morgan fingerprint density at radius 1 is 0.683 bits per heavy atom. The van der Waals surface area contributed by atoms with Crippen LogP contribution in [-0.4, -0.2) is 127 Å². The summed E-state index contributed by atoms with van der Waals surface area (Å²) in [6.07, 6.45) is 14.3. The molecule has 2 aliphatic heterocycles. The molecule has 0 radical (unpaired) electrons. The number of hydrogen-bond acceptors (Lipinski definition) is 14. The number of anilines is 1. The maximum absolute atomic E-state index is 12.5. The Balaban J connectivity index is 1.26. The summed E-state index contributed by atoms with van der Waals surface area (Å²) < 4.78 is 162. The Hall–Kier alpha value is -5.05. The minimum absolute atomic E-state index is 0.146. The predicted octanol–water partition coefficient (Wildman–Crippen LogP) is 10.3. The van der Waals surface area contributed by atoms with Gasteiger partial charge in [-0.05, 0) is 161 Å². The highest BCUT2D eigenvalue weighted by Gasteiger charge is 2.45. The number of hydrogen-bond donors (Lipinski definition) is 5. The van der Waals surface area contributed by atoms with Gasteiger partial charge in [0, 0.05) is 66.3 Å². The van der Waals surface area contributed by atoms with Crippen LogP contribution >= 0.6 is 0 Å². The molecule has 5 N–H and O–H groups in total. The van der Waals surface area contributed by atoms with Crippen molar-refractivity contribution in [3.05, 3.63) is 131 Å². The van der Waals surface area contributed by atoms with Gasteiger partial charge in [-0.25, -0.2) is 0 Å². The second-order valence-corrected chi connectivity index (χ2v) is 28.9. The van der Waals surface area contributed by atoms with Gasteiger partial charge < -0.3 is 29.2 Å². The van der Waals surface area contributed by atoms with Crippen LogP contribution in [-0.2, 0) is 65.5 Å². The zero-order chi connectivity index (χ0) is 60.3. The first-order valence-electron chi connectivity index (χ1n) is 27.6. The van der Waals surface area contributed by atoms with Crippen molar-refractivity contribution < 1.29 is 75.4 Å². The Labute approximate surface area is 485 Å². The fraction of sp³-hybridized carbons (Fsp3) is 0.508. The second-order valence-electron chi connectivity index (χ2n) is 23.1. The Kier molecular flexibility index (Phi) is 22.4. The monoisotopic (exact) mass is 1220 g/mol. The van der Waals surface area contributed by atoms with E-state index >= 15 is 0 Å². The van der Waals surface area contributed by atoms with E-state index in [2.05, 4.69) is 37.2 Å². The van der Waals surface area contributed by atoms with Crippen molar-refractivity contribution >= 4 is 57.6 Å². The van der Waals surface area contributed by atoms with E-state index < -0.39 is 57.1 Å². The number of allylic oxidation sites excluding steroid dienone is 8. The van der Waals surface area contributed by atoms with Crippen LogP contribution in [0.15, 0.2) is 135 Å². The topological polar surface area (TPSA) is 273 Å². The SMILES string of the molecule is C=C(CCCCC[N+]1=C(/C=C/C2=C(Oc3ccc(S(=O)(=O)O)cc3)C(=C/C=C3/N(CCCCS(=O)(=O)O)c4ccc(S(=O)(=O)O)cc4C3(C)C)/CCC2)C(C)(C)c2cc(S(=O)(=O)O)ccc21)NCCOCCOCCOCCC(C)(C)C. The molecule has 6 rings (SSSR count). The Morgan fingerprint density at radius 3 is 1.90 bits per heavy atom. The molecule has 0 saturated carbocycles. The lowest BCUT2D eigenvalue weighted by Crippen LogP contribution is -2.28. The number of nitrogens with zero attached hydrogens (tertiary/aromatic N) is 2. The molecule has 0 saturated heterocycles. The lowest BCUT2D eigenvalue weighted by molar-refractivity contribution is -0.438. The molecule has 1 aliphatic carbocycles. The molecule has 23 heteroatoms. The maximum Gasteiger partial charge on any atom is 0.294 e. The highest BCUT2D eigenvalue weighted by molar-refractivity contribution is 7.86. The van der Waals surface area contributed by atoms with Crippen LogP contribution in [0.1, 0.15) is 124 Å². The second kappa shape index (κ2) is 27.8. The average molecular weight is 1220 g/mol. The first-order valence-corrected chi connectivity index (χ1v) is 33.6. The summed E-state index contributed by atoms with van der Waals surface area (Å²) in [5.74, 6) is 0.296. The van der Waals surface area contributed by atoms with Crippen molar-refractivity contribution in [2.45, 2.75) is 138 Å². The Bertz CT molecular complexity index is 3410. The zero-order valence-corrected chi connectivity index (χ0v) is 51.4. The third-order valence-electron chi connectivity index (χ3n) is 14.8. The summed E-state index contributed by atoms with van der Waals surface area (Å²) >= 11 is 0. The van der Waals surface area contributed by atoms with E-state index in [4.69, 9.17) is 18.9 Å². The third kappa shape index (κ3) is 18.5. The lowest BCUT2D eigenvalue weighted by Gasteiger charge is -2.27. The molecule has 2 heterocycles. The molecule has 3 aromatic carbocycles. The molecule has 82 heavy (non-hydrogen) atoms. The zero-order valence-electron chi connectivity index (χ0n) is 48.1. The van der Waals surface area contributed by atoms with Gasteiger partial charge in [0.1, 0.15) is 18.1 Å². The van der Waals surface area contributed by atoms with Crippen molar-refractivity contribution in [1.29, 1.82) is 0 Å². The summed E-state index contributed by atoms with van der Waals surface area (Å²) in [7, 11) is -17.8. The summed E-state index contributed by atoms with van der Waals surface area (Å²) in [6, 6.07) is 14.3. The molecule has 0 fully saturated rings. The van der Waals surface area contributed by atoms with E-state index in [0.29, 0.717) is 108 Å². The smallest absolute Gasteiger partial charge is 0.294 e. The summed E-state index contributed by atoms with van der Waals surface area (Å²) in [6.45, 7) is 23.3. The molecule has 0 atom stereocenters. The van der Waals surface area contributed by atoms with Crippen molar-refractivity contribution in [3.8, 4) is 5.75 Å². The molecule has 452 valence electrons. The van der Waals surface area contributed by atoms with Crippen LogP contribution in [0.4, 0.5) is 11.4 Å². The molecular formula is C59H82N3O16S4+. The number of rotatable bonds is 31. The highest BCUT2D eigenvalue weighted by atomic mass is 32.2. The molecule has 0 bridgehead atoms. The van der Waals surface area contributed by atoms with Crippen LogP contribution in [0.3, 0.4) is 0 Å². The van der Waals surface area contributed by atoms with Gasteiger partial charge in [-0.1, -0.05) is 47.3 Å². The number of unbranched alkanes of at least 4 members (excludes halogenated alkanes) is 3. The molecule has 0 aromatic heterocycles. The van der Waals surface area contributed by atoms with Crippen molar-refractivity contribution in [3.63, 3.8) is 0 Å². The van der Waals surface area contributed by atoms with E-state index in [9.17, 15) is 51.9 Å². The first-order chi connectivity index (χ1) is 38.3.